The van der Waals surface area contributed by atoms with E-state index in [0.717, 1.165) is 39.0 Å². The smallest absolute Gasteiger partial charge is 0.222 e. The summed E-state index contributed by atoms with van der Waals surface area (Å²) in [6.07, 6.45) is 3.01. The van der Waals surface area contributed by atoms with Crippen LogP contribution in [0.15, 0.2) is 0 Å². The second-order valence-electron chi connectivity index (χ2n) is 5.81. The van der Waals surface area contributed by atoms with Crippen LogP contribution in [0.1, 0.15) is 33.1 Å². The summed E-state index contributed by atoms with van der Waals surface area (Å²) in [6.45, 7) is 7.20. The van der Waals surface area contributed by atoms with Gasteiger partial charge in [0.2, 0.25) is 5.91 Å². The van der Waals surface area contributed by atoms with Crippen LogP contribution in [0, 0.1) is 5.92 Å². The highest BCUT2D eigenvalue weighted by atomic mass is 16.5. The molecule has 0 aromatic heterocycles. The molecule has 1 fully saturated rings. The second-order valence-corrected chi connectivity index (χ2v) is 5.81. The Kier molecular flexibility index (Phi) is 7.34. The fourth-order valence-corrected chi connectivity index (χ4v) is 2.26. The highest BCUT2D eigenvalue weighted by Crippen LogP contribution is 2.09. The second kappa shape index (κ2) is 8.51. The van der Waals surface area contributed by atoms with Crippen molar-refractivity contribution in [1.82, 2.24) is 10.2 Å². The summed E-state index contributed by atoms with van der Waals surface area (Å²) < 4.78 is 5.62. The third-order valence-electron chi connectivity index (χ3n) is 3.59. The van der Waals surface area contributed by atoms with Crippen molar-refractivity contribution < 1.29 is 9.53 Å². The molecule has 1 rings (SSSR count). The summed E-state index contributed by atoms with van der Waals surface area (Å²) in [6, 6.07) is 0.224. The number of hydrogen-bond acceptors (Lipinski definition) is 4. The maximum Gasteiger partial charge on any atom is 0.222 e. The van der Waals surface area contributed by atoms with E-state index in [2.05, 4.69) is 17.3 Å². The monoisotopic (exact) mass is 271 g/mol. The van der Waals surface area contributed by atoms with Crippen molar-refractivity contribution in [2.24, 2.45) is 11.7 Å². The van der Waals surface area contributed by atoms with Crippen LogP contribution in [0.2, 0.25) is 0 Å². The van der Waals surface area contributed by atoms with Gasteiger partial charge in [-0.1, -0.05) is 13.3 Å². The SMILES string of the molecule is CC(N)CCCC(C)C(=O)NCC1CN(C)CCO1. The molecule has 0 bridgehead atoms. The zero-order valence-electron chi connectivity index (χ0n) is 12.5. The summed E-state index contributed by atoms with van der Waals surface area (Å²) in [7, 11) is 2.08. The Morgan fingerprint density at radius 1 is 1.47 bits per heavy atom. The molecule has 0 aliphatic carbocycles. The zero-order valence-corrected chi connectivity index (χ0v) is 12.5. The molecule has 3 unspecified atom stereocenters. The molecule has 3 atom stereocenters. The maximum atomic E-state index is 11.9. The Labute approximate surface area is 116 Å². The van der Waals surface area contributed by atoms with Gasteiger partial charge in [0.15, 0.2) is 0 Å². The van der Waals surface area contributed by atoms with Crippen molar-refractivity contribution in [3.63, 3.8) is 0 Å². The van der Waals surface area contributed by atoms with Crippen molar-refractivity contribution in [2.45, 2.75) is 45.3 Å². The van der Waals surface area contributed by atoms with Crippen molar-refractivity contribution in [3.8, 4) is 0 Å². The number of ether oxygens (including phenoxy) is 1. The van der Waals surface area contributed by atoms with Gasteiger partial charge in [0.1, 0.15) is 0 Å². The van der Waals surface area contributed by atoms with Crippen LogP contribution < -0.4 is 11.1 Å². The number of nitrogens with zero attached hydrogens (tertiary/aromatic N) is 1. The van der Waals surface area contributed by atoms with Gasteiger partial charge in [-0.2, -0.15) is 0 Å². The molecule has 0 spiro atoms. The summed E-state index contributed by atoms with van der Waals surface area (Å²) in [4.78, 5) is 14.2. The van der Waals surface area contributed by atoms with E-state index in [1.165, 1.54) is 0 Å². The lowest BCUT2D eigenvalue weighted by Gasteiger charge is -2.30. The molecule has 0 aromatic rings. The largest absolute Gasteiger partial charge is 0.374 e. The van der Waals surface area contributed by atoms with E-state index in [1.807, 2.05) is 13.8 Å². The van der Waals surface area contributed by atoms with Gasteiger partial charge >= 0.3 is 0 Å². The lowest BCUT2D eigenvalue weighted by Crippen LogP contribution is -2.46. The number of hydrogen-bond donors (Lipinski definition) is 2. The van der Waals surface area contributed by atoms with Crippen molar-refractivity contribution in [3.05, 3.63) is 0 Å². The molecule has 0 radical (unpaired) electrons. The standard InChI is InChI=1S/C14H29N3O2/c1-11(5-4-6-12(2)15)14(18)16-9-13-10-17(3)7-8-19-13/h11-13H,4-10,15H2,1-3H3,(H,16,18). The molecule has 0 aromatic carbocycles. The van der Waals surface area contributed by atoms with Crippen LogP contribution in [-0.2, 0) is 9.53 Å². The minimum Gasteiger partial charge on any atom is -0.374 e. The van der Waals surface area contributed by atoms with Gasteiger partial charge in [-0.25, -0.2) is 0 Å². The Hall–Kier alpha value is -0.650. The normalized spacial score (nSPS) is 23.9. The molecule has 112 valence electrons. The van der Waals surface area contributed by atoms with E-state index in [-0.39, 0.29) is 24.0 Å². The number of carbonyl (C=O) groups excluding carboxylic acids is 1. The predicted octanol–water partition coefficient (Wildman–Crippen LogP) is 0.587. The predicted molar refractivity (Wildman–Crippen MR) is 76.9 cm³/mol. The van der Waals surface area contributed by atoms with Crippen molar-refractivity contribution >= 4 is 5.91 Å². The van der Waals surface area contributed by atoms with Crippen molar-refractivity contribution in [2.75, 3.05) is 33.3 Å². The molecule has 1 amide bonds. The first-order chi connectivity index (χ1) is 8.99. The van der Waals surface area contributed by atoms with Gasteiger partial charge in [0.25, 0.3) is 0 Å². The van der Waals surface area contributed by atoms with Crippen LogP contribution >= 0.6 is 0 Å². The van der Waals surface area contributed by atoms with Crippen LogP contribution in [0.4, 0.5) is 0 Å². The van der Waals surface area contributed by atoms with E-state index < -0.39 is 0 Å². The molecule has 5 heteroatoms. The highest BCUT2D eigenvalue weighted by Gasteiger charge is 2.19. The maximum absolute atomic E-state index is 11.9. The third-order valence-corrected chi connectivity index (χ3v) is 3.59. The van der Waals surface area contributed by atoms with Gasteiger partial charge in [0, 0.05) is 31.6 Å². The number of morpholine rings is 1. The van der Waals surface area contributed by atoms with Crippen LogP contribution in [0.3, 0.4) is 0 Å². The van der Waals surface area contributed by atoms with Crippen LogP contribution in [-0.4, -0.2) is 56.2 Å². The third kappa shape index (κ3) is 6.89. The number of nitrogens with two attached hydrogens (primary N) is 1. The number of likely N-dealkylation sites (N-methyl/N-ethyl adjacent to an activating group) is 1. The molecule has 1 aliphatic heterocycles. The Balaban J connectivity index is 2.15. The summed E-state index contributed by atoms with van der Waals surface area (Å²) in [5.74, 6) is 0.182. The van der Waals surface area contributed by atoms with Gasteiger partial charge in [-0.3, -0.25) is 4.79 Å². The molecule has 1 saturated heterocycles. The van der Waals surface area contributed by atoms with Crippen LogP contribution in [0.5, 0.6) is 0 Å². The molecule has 3 N–H and O–H groups in total. The topological polar surface area (TPSA) is 67.6 Å². The molecular weight excluding hydrogens is 242 g/mol. The van der Waals surface area contributed by atoms with E-state index in [9.17, 15) is 4.79 Å². The van der Waals surface area contributed by atoms with E-state index in [1.54, 1.807) is 0 Å². The first-order valence-electron chi connectivity index (χ1n) is 7.32. The van der Waals surface area contributed by atoms with E-state index in [0.29, 0.717) is 6.54 Å². The Bertz CT molecular complexity index is 271. The summed E-state index contributed by atoms with van der Waals surface area (Å²) >= 11 is 0. The fourth-order valence-electron chi connectivity index (χ4n) is 2.26. The first kappa shape index (κ1) is 16.4. The average Bonchev–Trinajstić information content (AvgIpc) is 2.35. The molecule has 0 saturated carbocycles. The van der Waals surface area contributed by atoms with E-state index in [4.69, 9.17) is 10.5 Å². The molecule has 1 aliphatic rings. The summed E-state index contributed by atoms with van der Waals surface area (Å²) in [5.41, 5.74) is 5.70. The van der Waals surface area contributed by atoms with Gasteiger partial charge in [0.05, 0.1) is 12.7 Å². The van der Waals surface area contributed by atoms with E-state index >= 15 is 0 Å². The van der Waals surface area contributed by atoms with Gasteiger partial charge in [-0.05, 0) is 26.8 Å². The van der Waals surface area contributed by atoms with Gasteiger partial charge < -0.3 is 20.7 Å². The van der Waals surface area contributed by atoms with Crippen LogP contribution in [0.25, 0.3) is 0 Å². The number of nitrogens with one attached hydrogen (secondary N) is 1. The number of carbonyl (C=O) groups is 1. The number of amides is 1. The highest BCUT2D eigenvalue weighted by molar-refractivity contribution is 5.78. The van der Waals surface area contributed by atoms with Gasteiger partial charge in [-0.15, -0.1) is 0 Å². The fraction of sp³-hybridized carbons (Fsp3) is 0.929. The first-order valence-corrected chi connectivity index (χ1v) is 7.32. The number of rotatable bonds is 7. The lowest BCUT2D eigenvalue weighted by molar-refractivity contribution is -0.125. The molecule has 19 heavy (non-hydrogen) atoms. The molecule has 5 nitrogen and oxygen atoms in total. The Morgan fingerprint density at radius 3 is 2.84 bits per heavy atom. The lowest BCUT2D eigenvalue weighted by atomic mass is 10.0. The molecule has 1 heterocycles. The Morgan fingerprint density at radius 2 is 2.21 bits per heavy atom. The van der Waals surface area contributed by atoms with Crippen molar-refractivity contribution in [1.29, 1.82) is 0 Å². The minimum atomic E-state index is 0.0556. The average molecular weight is 271 g/mol. The minimum absolute atomic E-state index is 0.0556. The zero-order chi connectivity index (χ0) is 14.3. The summed E-state index contributed by atoms with van der Waals surface area (Å²) in [5, 5.41) is 2.99. The quantitative estimate of drug-likeness (QED) is 0.711. The molecular formula is C14H29N3O2.